The van der Waals surface area contributed by atoms with Crippen LogP contribution in [0.2, 0.25) is 0 Å². The Labute approximate surface area is 96.2 Å². The van der Waals surface area contributed by atoms with Gasteiger partial charge >= 0.3 is 0 Å². The van der Waals surface area contributed by atoms with Crippen molar-refractivity contribution in [3.8, 4) is 0 Å². The second-order valence-corrected chi connectivity index (χ2v) is 3.90. The van der Waals surface area contributed by atoms with Crippen LogP contribution in [0.1, 0.15) is 53.4 Å². The molecule has 2 nitrogen and oxygen atoms in total. The molecule has 2 bridgehead atoms. The Balaban J connectivity index is 0.000000200. The predicted octanol–water partition coefficient (Wildman–Crippen LogP) is 2.79. The SMILES string of the molecule is C1CCNC1.C1NC2CC1C2.CC.CC. The van der Waals surface area contributed by atoms with Crippen LogP contribution in [0.15, 0.2) is 0 Å². The highest BCUT2D eigenvalue weighted by atomic mass is 15.0. The maximum Gasteiger partial charge on any atom is 0.00734 e. The summed E-state index contributed by atoms with van der Waals surface area (Å²) in [5.41, 5.74) is 0. The Morgan fingerprint density at radius 2 is 1.40 bits per heavy atom. The number of fused-ring (bicyclic) bond motifs is 1. The summed E-state index contributed by atoms with van der Waals surface area (Å²) in [4.78, 5) is 0. The Hall–Kier alpha value is -0.0800. The van der Waals surface area contributed by atoms with Crippen LogP contribution in [-0.2, 0) is 0 Å². The van der Waals surface area contributed by atoms with Crippen molar-refractivity contribution in [2.75, 3.05) is 19.6 Å². The molecule has 92 valence electrons. The number of rotatable bonds is 0. The van der Waals surface area contributed by atoms with Crippen LogP contribution >= 0.6 is 0 Å². The molecular formula is C13H30N2. The fraction of sp³-hybridized carbons (Fsp3) is 1.00. The third-order valence-electron chi connectivity index (χ3n) is 2.89. The van der Waals surface area contributed by atoms with Crippen LogP contribution in [0, 0.1) is 5.92 Å². The van der Waals surface area contributed by atoms with Gasteiger partial charge in [0.1, 0.15) is 0 Å². The average molecular weight is 214 g/mol. The Kier molecular flexibility index (Phi) is 10.4. The van der Waals surface area contributed by atoms with Crippen molar-refractivity contribution < 1.29 is 0 Å². The standard InChI is InChI=1S/C5H9N.C4H9N.2C2H6/c1-4-2-5(1)6-3-4;1-2-4-5-3-1;2*1-2/h4-6H,1-3H2;5H,1-4H2;2*1-2H3. The lowest BCUT2D eigenvalue weighted by atomic mass is 9.87. The third-order valence-corrected chi connectivity index (χ3v) is 2.89. The summed E-state index contributed by atoms with van der Waals surface area (Å²) >= 11 is 0. The third kappa shape index (κ3) is 6.16. The normalized spacial score (nSPS) is 29.6. The lowest BCUT2D eigenvalue weighted by Gasteiger charge is -2.19. The van der Waals surface area contributed by atoms with Crippen molar-refractivity contribution in [3.05, 3.63) is 0 Å². The highest BCUT2D eigenvalue weighted by Gasteiger charge is 2.35. The molecule has 1 saturated carbocycles. The molecule has 3 heterocycles. The zero-order chi connectivity index (χ0) is 11.5. The van der Waals surface area contributed by atoms with E-state index in [-0.39, 0.29) is 0 Å². The molecule has 0 aromatic rings. The van der Waals surface area contributed by atoms with Crippen molar-refractivity contribution in [1.82, 2.24) is 10.6 Å². The largest absolute Gasteiger partial charge is 0.317 e. The fourth-order valence-corrected chi connectivity index (χ4v) is 2.03. The molecule has 2 N–H and O–H groups in total. The van der Waals surface area contributed by atoms with Crippen LogP contribution in [0.3, 0.4) is 0 Å². The number of hydrogen-bond donors (Lipinski definition) is 2. The zero-order valence-corrected chi connectivity index (χ0v) is 11.1. The molecule has 1 aliphatic carbocycles. The Morgan fingerprint density at radius 1 is 0.867 bits per heavy atom. The first-order valence-corrected chi connectivity index (χ1v) is 6.89. The van der Waals surface area contributed by atoms with E-state index >= 15 is 0 Å². The summed E-state index contributed by atoms with van der Waals surface area (Å²) in [5.74, 6) is 1.08. The minimum absolute atomic E-state index is 0.940. The summed E-state index contributed by atoms with van der Waals surface area (Å²) in [6.45, 7) is 11.8. The first kappa shape index (κ1) is 14.9. The van der Waals surface area contributed by atoms with E-state index in [9.17, 15) is 0 Å². The van der Waals surface area contributed by atoms with E-state index in [1.165, 1.54) is 45.3 Å². The van der Waals surface area contributed by atoms with Crippen molar-refractivity contribution >= 4 is 0 Å². The van der Waals surface area contributed by atoms with Crippen molar-refractivity contribution in [3.63, 3.8) is 0 Å². The van der Waals surface area contributed by atoms with E-state index in [2.05, 4.69) is 10.6 Å². The Bertz CT molecular complexity index is 94.6. The highest BCUT2D eigenvalue weighted by molar-refractivity contribution is 4.93. The van der Waals surface area contributed by atoms with Gasteiger partial charge in [-0.1, -0.05) is 27.7 Å². The van der Waals surface area contributed by atoms with E-state index in [4.69, 9.17) is 0 Å². The molecular weight excluding hydrogens is 184 g/mol. The first-order chi connectivity index (χ1) is 7.45. The van der Waals surface area contributed by atoms with Gasteiger partial charge in [0.15, 0.2) is 0 Å². The zero-order valence-electron chi connectivity index (χ0n) is 11.1. The number of nitrogens with one attached hydrogen (secondary N) is 2. The highest BCUT2D eigenvalue weighted by Crippen LogP contribution is 2.32. The molecule has 0 unspecified atom stereocenters. The van der Waals surface area contributed by atoms with Gasteiger partial charge in [-0.2, -0.15) is 0 Å². The Morgan fingerprint density at radius 3 is 1.53 bits per heavy atom. The van der Waals surface area contributed by atoms with Gasteiger partial charge in [-0.15, -0.1) is 0 Å². The van der Waals surface area contributed by atoms with E-state index in [0.29, 0.717) is 0 Å². The van der Waals surface area contributed by atoms with Gasteiger partial charge in [0, 0.05) is 6.04 Å². The second kappa shape index (κ2) is 10.4. The molecule has 2 heteroatoms. The molecule has 0 spiro atoms. The average Bonchev–Trinajstić information content (AvgIpc) is 3.02. The van der Waals surface area contributed by atoms with Gasteiger partial charge in [-0.05, 0) is 51.2 Å². The van der Waals surface area contributed by atoms with Crippen LogP contribution in [0.4, 0.5) is 0 Å². The summed E-state index contributed by atoms with van der Waals surface area (Å²) < 4.78 is 0. The molecule has 4 aliphatic rings. The molecule has 0 amide bonds. The fourth-order valence-electron chi connectivity index (χ4n) is 2.03. The van der Waals surface area contributed by atoms with E-state index in [1.54, 1.807) is 0 Å². The van der Waals surface area contributed by atoms with Gasteiger partial charge in [-0.25, -0.2) is 0 Å². The summed E-state index contributed by atoms with van der Waals surface area (Å²) in [6, 6.07) is 0.940. The van der Waals surface area contributed by atoms with E-state index in [0.717, 1.165) is 12.0 Å². The summed E-state index contributed by atoms with van der Waals surface area (Å²) in [7, 11) is 0. The van der Waals surface area contributed by atoms with Crippen molar-refractivity contribution in [2.45, 2.75) is 59.4 Å². The van der Waals surface area contributed by atoms with Gasteiger partial charge in [0.05, 0.1) is 0 Å². The summed E-state index contributed by atoms with van der Waals surface area (Å²) in [5, 5.41) is 6.62. The first-order valence-electron chi connectivity index (χ1n) is 6.89. The minimum atomic E-state index is 0.940. The van der Waals surface area contributed by atoms with Crippen LogP contribution in [-0.4, -0.2) is 25.7 Å². The van der Waals surface area contributed by atoms with E-state index < -0.39 is 0 Å². The maximum atomic E-state index is 3.39. The van der Waals surface area contributed by atoms with Gasteiger partial charge in [0.2, 0.25) is 0 Å². The van der Waals surface area contributed by atoms with Crippen LogP contribution in [0.5, 0.6) is 0 Å². The summed E-state index contributed by atoms with van der Waals surface area (Å²) in [6.07, 6.45) is 5.72. The van der Waals surface area contributed by atoms with E-state index in [1.807, 2.05) is 27.7 Å². The predicted molar refractivity (Wildman–Crippen MR) is 69.3 cm³/mol. The molecule has 4 fully saturated rings. The van der Waals surface area contributed by atoms with Crippen molar-refractivity contribution in [2.24, 2.45) is 5.92 Å². The lowest BCUT2D eigenvalue weighted by molar-refractivity contribution is 0.372. The monoisotopic (exact) mass is 214 g/mol. The molecule has 3 saturated heterocycles. The van der Waals surface area contributed by atoms with Crippen molar-refractivity contribution in [1.29, 1.82) is 0 Å². The van der Waals surface area contributed by atoms with Gasteiger partial charge in [0.25, 0.3) is 0 Å². The van der Waals surface area contributed by atoms with Gasteiger partial charge < -0.3 is 10.6 Å². The van der Waals surface area contributed by atoms with Crippen LogP contribution in [0.25, 0.3) is 0 Å². The smallest absolute Gasteiger partial charge is 0.00734 e. The van der Waals surface area contributed by atoms with Crippen LogP contribution < -0.4 is 10.6 Å². The molecule has 4 rings (SSSR count). The van der Waals surface area contributed by atoms with Gasteiger partial charge in [-0.3, -0.25) is 0 Å². The second-order valence-electron chi connectivity index (χ2n) is 3.90. The minimum Gasteiger partial charge on any atom is -0.317 e. The molecule has 0 aromatic heterocycles. The lowest BCUT2D eigenvalue weighted by Crippen LogP contribution is -2.23. The molecule has 15 heavy (non-hydrogen) atoms. The number of hydrogen-bond acceptors (Lipinski definition) is 2. The molecule has 0 radical (unpaired) electrons. The molecule has 0 aromatic carbocycles. The molecule has 3 aliphatic heterocycles. The maximum absolute atomic E-state index is 3.39. The molecule has 0 atom stereocenters. The quantitative estimate of drug-likeness (QED) is 0.648. The topological polar surface area (TPSA) is 24.1 Å².